The van der Waals surface area contributed by atoms with Crippen LogP contribution in [0.4, 0.5) is 4.79 Å². The lowest BCUT2D eigenvalue weighted by molar-refractivity contribution is -0.141. The SMILES string of the molecule is CC(NC(=O)N1CCSCC1C(=O)O)C(=O)NC1CC1. The molecular weight excluding hydrogens is 282 g/mol. The number of carboxylic acids is 1. The Balaban J connectivity index is 1.88. The zero-order valence-electron chi connectivity index (χ0n) is 11.3. The highest BCUT2D eigenvalue weighted by molar-refractivity contribution is 7.99. The predicted octanol–water partition coefficient (Wildman–Crippen LogP) is -0.135. The van der Waals surface area contributed by atoms with Crippen molar-refractivity contribution in [2.45, 2.75) is 37.9 Å². The molecule has 2 fully saturated rings. The Kier molecular flexibility index (Phi) is 4.74. The van der Waals surface area contributed by atoms with Gasteiger partial charge in [-0.1, -0.05) is 0 Å². The van der Waals surface area contributed by atoms with E-state index in [4.69, 9.17) is 5.11 Å². The lowest BCUT2D eigenvalue weighted by atomic mass is 10.2. The lowest BCUT2D eigenvalue weighted by Gasteiger charge is -2.33. The number of amides is 3. The number of rotatable bonds is 4. The minimum absolute atomic E-state index is 0.223. The second-order valence-corrected chi connectivity index (χ2v) is 6.23. The Morgan fingerprint density at radius 3 is 2.65 bits per heavy atom. The molecule has 3 amide bonds. The number of hydrogen-bond donors (Lipinski definition) is 3. The molecule has 0 aromatic carbocycles. The molecule has 1 saturated carbocycles. The molecule has 2 aliphatic rings. The van der Waals surface area contributed by atoms with Gasteiger partial charge in [-0.15, -0.1) is 0 Å². The molecule has 20 heavy (non-hydrogen) atoms. The van der Waals surface area contributed by atoms with E-state index in [2.05, 4.69) is 10.6 Å². The molecule has 112 valence electrons. The smallest absolute Gasteiger partial charge is 0.327 e. The van der Waals surface area contributed by atoms with Crippen molar-refractivity contribution in [3.63, 3.8) is 0 Å². The summed E-state index contributed by atoms with van der Waals surface area (Å²) in [5.74, 6) is -0.146. The fraction of sp³-hybridized carbons (Fsp3) is 0.750. The summed E-state index contributed by atoms with van der Waals surface area (Å²) in [5.41, 5.74) is 0. The standard InChI is InChI=1S/C12H19N3O4S/c1-7(10(16)14-8-2-3-8)13-12(19)15-4-5-20-6-9(15)11(17)18/h7-9H,2-6H2,1H3,(H,13,19)(H,14,16)(H,17,18). The van der Waals surface area contributed by atoms with Crippen LogP contribution < -0.4 is 10.6 Å². The van der Waals surface area contributed by atoms with E-state index in [9.17, 15) is 14.4 Å². The summed E-state index contributed by atoms with van der Waals surface area (Å²) < 4.78 is 0. The van der Waals surface area contributed by atoms with Gasteiger partial charge in [-0.05, 0) is 19.8 Å². The van der Waals surface area contributed by atoms with E-state index in [1.807, 2.05) is 0 Å². The Hall–Kier alpha value is -1.44. The van der Waals surface area contributed by atoms with Crippen LogP contribution in [0.25, 0.3) is 0 Å². The van der Waals surface area contributed by atoms with Gasteiger partial charge in [0, 0.05) is 24.1 Å². The van der Waals surface area contributed by atoms with E-state index >= 15 is 0 Å². The van der Waals surface area contributed by atoms with E-state index in [0.717, 1.165) is 12.8 Å². The maximum atomic E-state index is 12.1. The molecule has 2 atom stereocenters. The fourth-order valence-electron chi connectivity index (χ4n) is 1.94. The topological polar surface area (TPSA) is 98.7 Å². The number of aliphatic carboxylic acids is 1. The molecule has 0 radical (unpaired) electrons. The van der Waals surface area contributed by atoms with Crippen LogP contribution in [0.3, 0.4) is 0 Å². The van der Waals surface area contributed by atoms with E-state index in [1.54, 1.807) is 6.92 Å². The molecule has 1 aliphatic carbocycles. The van der Waals surface area contributed by atoms with Gasteiger partial charge in [-0.25, -0.2) is 9.59 Å². The third kappa shape index (κ3) is 3.78. The number of urea groups is 1. The highest BCUT2D eigenvalue weighted by atomic mass is 32.2. The van der Waals surface area contributed by atoms with Crippen LogP contribution in [0.2, 0.25) is 0 Å². The van der Waals surface area contributed by atoms with E-state index in [1.165, 1.54) is 16.7 Å². The Morgan fingerprint density at radius 2 is 2.05 bits per heavy atom. The first-order valence-corrected chi connectivity index (χ1v) is 7.82. The van der Waals surface area contributed by atoms with Crippen molar-refractivity contribution in [3.05, 3.63) is 0 Å². The van der Waals surface area contributed by atoms with Gasteiger partial charge in [-0.3, -0.25) is 4.79 Å². The number of hydrogen-bond acceptors (Lipinski definition) is 4. The normalized spacial score (nSPS) is 23.9. The summed E-state index contributed by atoms with van der Waals surface area (Å²) in [6.07, 6.45) is 1.97. The van der Waals surface area contributed by atoms with Crippen molar-refractivity contribution in [2.24, 2.45) is 0 Å². The van der Waals surface area contributed by atoms with E-state index < -0.39 is 24.1 Å². The molecule has 3 N–H and O–H groups in total. The molecule has 0 bridgehead atoms. The van der Waals surface area contributed by atoms with Crippen LogP contribution in [0.5, 0.6) is 0 Å². The molecule has 7 nitrogen and oxygen atoms in total. The summed E-state index contributed by atoms with van der Waals surface area (Å²) in [4.78, 5) is 36.3. The van der Waals surface area contributed by atoms with E-state index in [0.29, 0.717) is 18.1 Å². The summed E-state index contributed by atoms with van der Waals surface area (Å²) in [6, 6.07) is -1.74. The van der Waals surface area contributed by atoms with Gasteiger partial charge in [0.05, 0.1) is 0 Å². The Bertz CT molecular complexity index is 414. The average molecular weight is 301 g/mol. The second-order valence-electron chi connectivity index (χ2n) is 5.08. The van der Waals surface area contributed by atoms with Crippen molar-refractivity contribution in [3.8, 4) is 0 Å². The molecule has 0 aromatic heterocycles. The van der Waals surface area contributed by atoms with Crippen LogP contribution in [-0.4, -0.2) is 64.1 Å². The van der Waals surface area contributed by atoms with Crippen molar-refractivity contribution in [1.29, 1.82) is 0 Å². The van der Waals surface area contributed by atoms with E-state index in [-0.39, 0.29) is 11.9 Å². The number of carbonyl (C=O) groups is 3. The van der Waals surface area contributed by atoms with Crippen LogP contribution in [-0.2, 0) is 9.59 Å². The van der Waals surface area contributed by atoms with Crippen LogP contribution in [0, 0.1) is 0 Å². The maximum Gasteiger partial charge on any atom is 0.327 e. The first-order valence-electron chi connectivity index (χ1n) is 6.67. The van der Waals surface area contributed by atoms with Gasteiger partial charge in [-0.2, -0.15) is 11.8 Å². The minimum Gasteiger partial charge on any atom is -0.480 e. The third-order valence-corrected chi connectivity index (χ3v) is 4.35. The van der Waals surface area contributed by atoms with Crippen molar-refractivity contribution in [1.82, 2.24) is 15.5 Å². The maximum absolute atomic E-state index is 12.1. The summed E-state index contributed by atoms with van der Waals surface area (Å²) in [6.45, 7) is 1.98. The Labute approximate surface area is 121 Å². The number of thioether (sulfide) groups is 1. The van der Waals surface area contributed by atoms with Gasteiger partial charge >= 0.3 is 12.0 Å². The molecule has 2 unspecified atom stereocenters. The van der Waals surface area contributed by atoms with Crippen LogP contribution in [0.15, 0.2) is 0 Å². The zero-order chi connectivity index (χ0) is 14.7. The highest BCUT2D eigenvalue weighted by Gasteiger charge is 2.34. The van der Waals surface area contributed by atoms with Crippen LogP contribution in [0.1, 0.15) is 19.8 Å². The molecule has 8 heteroatoms. The number of carbonyl (C=O) groups excluding carboxylic acids is 2. The van der Waals surface area contributed by atoms with Crippen molar-refractivity contribution < 1.29 is 19.5 Å². The first kappa shape index (κ1) is 15.0. The molecular formula is C12H19N3O4S. The molecule has 1 saturated heterocycles. The fourth-order valence-corrected chi connectivity index (χ4v) is 2.98. The summed E-state index contributed by atoms with van der Waals surface area (Å²) in [7, 11) is 0. The molecule has 1 aliphatic heterocycles. The Morgan fingerprint density at radius 1 is 1.35 bits per heavy atom. The van der Waals surface area contributed by atoms with Gasteiger partial charge in [0.15, 0.2) is 0 Å². The summed E-state index contributed by atoms with van der Waals surface area (Å²) in [5, 5.41) is 14.5. The van der Waals surface area contributed by atoms with Crippen molar-refractivity contribution >= 4 is 29.7 Å². The number of nitrogens with one attached hydrogen (secondary N) is 2. The van der Waals surface area contributed by atoms with Gasteiger partial charge in [0.2, 0.25) is 5.91 Å². The monoisotopic (exact) mass is 301 g/mol. The quantitative estimate of drug-likeness (QED) is 0.671. The number of carboxylic acid groups (broad SMARTS) is 1. The molecule has 1 heterocycles. The van der Waals surface area contributed by atoms with Crippen LogP contribution >= 0.6 is 11.8 Å². The second kappa shape index (κ2) is 6.34. The minimum atomic E-state index is -1.01. The van der Waals surface area contributed by atoms with Gasteiger partial charge in [0.1, 0.15) is 12.1 Å². The largest absolute Gasteiger partial charge is 0.480 e. The van der Waals surface area contributed by atoms with Crippen molar-refractivity contribution in [2.75, 3.05) is 18.1 Å². The molecule has 0 spiro atoms. The lowest BCUT2D eigenvalue weighted by Crippen LogP contribution is -2.57. The average Bonchev–Trinajstić information content (AvgIpc) is 3.22. The zero-order valence-corrected chi connectivity index (χ0v) is 12.1. The van der Waals surface area contributed by atoms with Gasteiger partial charge < -0.3 is 20.6 Å². The first-order chi connectivity index (χ1) is 9.49. The van der Waals surface area contributed by atoms with Gasteiger partial charge in [0.25, 0.3) is 0 Å². The molecule has 0 aromatic rings. The number of nitrogens with zero attached hydrogens (tertiary/aromatic N) is 1. The third-order valence-electron chi connectivity index (χ3n) is 3.33. The predicted molar refractivity (Wildman–Crippen MR) is 74.6 cm³/mol. The summed E-state index contributed by atoms with van der Waals surface area (Å²) >= 11 is 1.51. The molecule has 2 rings (SSSR count). The highest BCUT2D eigenvalue weighted by Crippen LogP contribution is 2.19.